The third-order valence-electron chi connectivity index (χ3n) is 7.45. The van der Waals surface area contributed by atoms with Gasteiger partial charge in [-0.25, -0.2) is 9.78 Å². The van der Waals surface area contributed by atoms with Crippen LogP contribution in [0.3, 0.4) is 0 Å². The summed E-state index contributed by atoms with van der Waals surface area (Å²) in [6, 6.07) is 16.1. The predicted molar refractivity (Wildman–Crippen MR) is 141 cm³/mol. The largest absolute Gasteiger partial charge is 0.477 e. The summed E-state index contributed by atoms with van der Waals surface area (Å²) in [7, 11) is 0. The van der Waals surface area contributed by atoms with E-state index in [2.05, 4.69) is 64.4 Å². The first-order chi connectivity index (χ1) is 17.5. The second-order valence-corrected chi connectivity index (χ2v) is 10.1. The number of rotatable bonds is 6. The number of aromatic nitrogens is 2. The Hall–Kier alpha value is -3.93. The molecule has 3 heterocycles. The van der Waals surface area contributed by atoms with E-state index in [1.165, 1.54) is 18.4 Å². The Labute approximate surface area is 210 Å². The lowest BCUT2D eigenvalue weighted by Crippen LogP contribution is -2.19. The van der Waals surface area contributed by atoms with E-state index in [-0.39, 0.29) is 5.69 Å². The zero-order valence-corrected chi connectivity index (χ0v) is 20.6. The number of aryl methyl sites for hydroxylation is 2. The van der Waals surface area contributed by atoms with Crippen molar-refractivity contribution >= 4 is 28.6 Å². The molecule has 0 radical (unpaired) electrons. The number of fused-ring (bicyclic) bond motifs is 1. The van der Waals surface area contributed by atoms with Crippen molar-refractivity contribution in [3.63, 3.8) is 0 Å². The van der Waals surface area contributed by atoms with Crippen LogP contribution in [0.25, 0.3) is 28.2 Å². The van der Waals surface area contributed by atoms with Crippen molar-refractivity contribution in [3.8, 4) is 11.3 Å². The third-order valence-corrected chi connectivity index (χ3v) is 7.45. The van der Waals surface area contributed by atoms with E-state index in [1.807, 2.05) is 19.1 Å². The summed E-state index contributed by atoms with van der Waals surface area (Å²) in [6.45, 7) is 5.97. The average Bonchev–Trinajstić information content (AvgIpc) is 3.46. The Morgan fingerprint density at radius 2 is 1.92 bits per heavy atom. The van der Waals surface area contributed by atoms with Crippen LogP contribution in [-0.2, 0) is 0 Å². The average molecular weight is 480 g/mol. The number of carboxylic acid groups (broad SMARTS) is 1. The molecule has 0 bridgehead atoms. The van der Waals surface area contributed by atoms with Crippen molar-refractivity contribution in [2.75, 3.05) is 18.0 Å². The minimum absolute atomic E-state index is 0.0866. The molecule has 0 unspecified atom stereocenters. The number of aromatic carboxylic acids is 1. The summed E-state index contributed by atoms with van der Waals surface area (Å²) < 4.78 is 5.86. The molecule has 1 atom stereocenters. The van der Waals surface area contributed by atoms with Gasteiger partial charge in [-0.2, -0.15) is 0 Å². The molecule has 0 amide bonds. The highest BCUT2D eigenvalue weighted by atomic mass is 16.5. The van der Waals surface area contributed by atoms with Gasteiger partial charge in [0.2, 0.25) is 0 Å². The number of carboxylic acids is 1. The van der Waals surface area contributed by atoms with Gasteiger partial charge in [0.05, 0.1) is 5.52 Å². The lowest BCUT2D eigenvalue weighted by atomic mass is 9.98. The molecule has 0 spiro atoms. The molecule has 6 rings (SSSR count). The van der Waals surface area contributed by atoms with E-state index in [0.29, 0.717) is 11.8 Å². The van der Waals surface area contributed by atoms with Crippen LogP contribution in [0.1, 0.15) is 58.1 Å². The van der Waals surface area contributed by atoms with Crippen molar-refractivity contribution in [3.05, 3.63) is 82.8 Å². The fourth-order valence-electron chi connectivity index (χ4n) is 5.24. The summed E-state index contributed by atoms with van der Waals surface area (Å²) in [5, 5.41) is 14.8. The summed E-state index contributed by atoms with van der Waals surface area (Å²) >= 11 is 0. The monoisotopic (exact) mass is 479 g/mol. The first kappa shape index (κ1) is 22.5. The Morgan fingerprint density at radius 3 is 2.69 bits per heavy atom. The van der Waals surface area contributed by atoms with Crippen LogP contribution in [-0.4, -0.2) is 34.3 Å². The molecule has 2 aliphatic rings. The standard InChI is InChI=1S/C30H29N3O3/c1-18-5-3-4-6-23(18)28-24(29(36-32-28)21-8-9-21)11-7-20-13-14-33(17-20)22-10-12-26-25(16-22)19(2)15-27(31-26)30(34)35/h3-7,10-12,15-16,20-21H,8-9,13-14,17H2,1-2H3,(H,34,35)/b11-7+/t20-/m1/s1. The summed E-state index contributed by atoms with van der Waals surface area (Å²) in [4.78, 5) is 18.0. The molecular formula is C30H29N3O3. The number of hydrogen-bond donors (Lipinski definition) is 1. The van der Waals surface area contributed by atoms with Crippen LogP contribution in [0, 0.1) is 19.8 Å². The fraction of sp³-hybridized carbons (Fsp3) is 0.300. The molecular weight excluding hydrogens is 450 g/mol. The molecule has 1 N–H and O–H groups in total. The van der Waals surface area contributed by atoms with E-state index < -0.39 is 5.97 Å². The molecule has 6 nitrogen and oxygen atoms in total. The summed E-state index contributed by atoms with van der Waals surface area (Å²) in [5.41, 5.74) is 7.29. The molecule has 1 saturated carbocycles. The first-order valence-electron chi connectivity index (χ1n) is 12.6. The number of carbonyl (C=O) groups is 1. The van der Waals surface area contributed by atoms with Gasteiger partial charge in [0, 0.05) is 41.2 Å². The molecule has 2 aromatic heterocycles. The van der Waals surface area contributed by atoms with Crippen LogP contribution < -0.4 is 4.90 Å². The van der Waals surface area contributed by atoms with Crippen molar-refractivity contribution in [1.82, 2.24) is 10.1 Å². The molecule has 4 aromatic rings. The predicted octanol–water partition coefficient (Wildman–Crippen LogP) is 6.62. The second kappa shape index (κ2) is 8.94. The highest BCUT2D eigenvalue weighted by molar-refractivity contribution is 5.92. The van der Waals surface area contributed by atoms with Gasteiger partial charge in [0.25, 0.3) is 0 Å². The van der Waals surface area contributed by atoms with Crippen molar-refractivity contribution in [1.29, 1.82) is 0 Å². The van der Waals surface area contributed by atoms with Gasteiger partial charge in [-0.05, 0) is 74.4 Å². The minimum Gasteiger partial charge on any atom is -0.477 e. The Balaban J connectivity index is 1.24. The Kier molecular flexibility index (Phi) is 5.59. The normalized spacial score (nSPS) is 17.9. The molecule has 6 heteroatoms. The van der Waals surface area contributed by atoms with Crippen LogP contribution in [0.4, 0.5) is 5.69 Å². The van der Waals surface area contributed by atoms with E-state index in [9.17, 15) is 9.90 Å². The smallest absolute Gasteiger partial charge is 0.354 e. The second-order valence-electron chi connectivity index (χ2n) is 10.1. The van der Waals surface area contributed by atoms with Crippen LogP contribution in [0.2, 0.25) is 0 Å². The molecule has 2 fully saturated rings. The van der Waals surface area contributed by atoms with Crippen LogP contribution in [0.5, 0.6) is 0 Å². The number of benzene rings is 2. The molecule has 2 aromatic carbocycles. The number of hydrogen-bond acceptors (Lipinski definition) is 5. The van der Waals surface area contributed by atoms with Gasteiger partial charge in [-0.3, -0.25) is 0 Å². The number of pyridine rings is 1. The maximum Gasteiger partial charge on any atom is 0.354 e. The third kappa shape index (κ3) is 4.17. The van der Waals surface area contributed by atoms with Gasteiger partial charge in [-0.1, -0.05) is 41.6 Å². The van der Waals surface area contributed by atoms with E-state index >= 15 is 0 Å². The molecule has 182 valence electrons. The molecule has 1 aliphatic carbocycles. The maximum atomic E-state index is 11.3. The number of nitrogens with zero attached hydrogens (tertiary/aromatic N) is 3. The van der Waals surface area contributed by atoms with Gasteiger partial charge in [0.15, 0.2) is 0 Å². The van der Waals surface area contributed by atoms with Gasteiger partial charge < -0.3 is 14.5 Å². The highest BCUT2D eigenvalue weighted by Crippen LogP contribution is 2.45. The lowest BCUT2D eigenvalue weighted by molar-refractivity contribution is 0.0691. The zero-order chi connectivity index (χ0) is 24.8. The van der Waals surface area contributed by atoms with Crippen molar-refractivity contribution in [2.45, 2.75) is 39.0 Å². The van der Waals surface area contributed by atoms with Gasteiger partial charge >= 0.3 is 5.97 Å². The topological polar surface area (TPSA) is 79.5 Å². The van der Waals surface area contributed by atoms with E-state index in [4.69, 9.17) is 4.52 Å². The van der Waals surface area contributed by atoms with Crippen molar-refractivity contribution in [2.24, 2.45) is 5.92 Å². The molecule has 36 heavy (non-hydrogen) atoms. The van der Waals surface area contributed by atoms with Crippen LogP contribution in [0.15, 0.2) is 59.1 Å². The summed E-state index contributed by atoms with van der Waals surface area (Å²) in [5.74, 6) is 0.950. The zero-order valence-electron chi connectivity index (χ0n) is 20.6. The maximum absolute atomic E-state index is 11.3. The van der Waals surface area contributed by atoms with Crippen LogP contribution >= 0.6 is 0 Å². The Bertz CT molecular complexity index is 1500. The molecule has 1 saturated heterocycles. The van der Waals surface area contributed by atoms with Crippen molar-refractivity contribution < 1.29 is 14.4 Å². The highest BCUT2D eigenvalue weighted by Gasteiger charge is 2.32. The van der Waals surface area contributed by atoms with Gasteiger partial charge in [-0.15, -0.1) is 0 Å². The van der Waals surface area contributed by atoms with E-state index in [0.717, 1.165) is 64.2 Å². The fourth-order valence-corrected chi connectivity index (χ4v) is 5.24. The lowest BCUT2D eigenvalue weighted by Gasteiger charge is -2.19. The first-order valence-corrected chi connectivity index (χ1v) is 12.6. The van der Waals surface area contributed by atoms with E-state index in [1.54, 1.807) is 6.07 Å². The quantitative estimate of drug-likeness (QED) is 0.335. The number of anilines is 1. The Morgan fingerprint density at radius 1 is 1.08 bits per heavy atom. The molecule has 1 aliphatic heterocycles. The minimum atomic E-state index is -0.999. The van der Waals surface area contributed by atoms with Gasteiger partial charge in [0.1, 0.15) is 17.1 Å². The SMILES string of the molecule is Cc1ccccc1-c1noc(C2CC2)c1/C=C/[C@@H]1CCN(c2ccc3nc(C(=O)O)cc(C)c3c2)C1. The summed E-state index contributed by atoms with van der Waals surface area (Å²) in [6.07, 6.45) is 7.98.